The topological polar surface area (TPSA) is 38.9 Å². The van der Waals surface area contributed by atoms with Crippen LogP contribution in [0.5, 0.6) is 0 Å². The lowest BCUT2D eigenvalue weighted by Gasteiger charge is -2.16. The van der Waals surface area contributed by atoms with Gasteiger partial charge in [-0.15, -0.1) is 0 Å². The summed E-state index contributed by atoms with van der Waals surface area (Å²) in [6.07, 6.45) is 1.52. The summed E-state index contributed by atoms with van der Waals surface area (Å²) in [5.74, 6) is 0. The van der Waals surface area contributed by atoms with Gasteiger partial charge in [0.2, 0.25) is 0 Å². The van der Waals surface area contributed by atoms with E-state index in [-0.39, 0.29) is 0 Å². The molecule has 0 saturated carbocycles. The van der Waals surface area contributed by atoms with Crippen LogP contribution in [-0.4, -0.2) is 9.97 Å². The molecule has 0 radical (unpaired) electrons. The second-order valence-electron chi connectivity index (χ2n) is 10.7. The Bertz CT molecular complexity index is 2180. The van der Waals surface area contributed by atoms with Gasteiger partial charge in [-0.1, -0.05) is 127 Å². The van der Waals surface area contributed by atoms with Crippen molar-refractivity contribution >= 4 is 21.9 Å². The van der Waals surface area contributed by atoms with Gasteiger partial charge in [0.15, 0.2) is 12.0 Å². The highest BCUT2D eigenvalue weighted by Gasteiger charge is 2.17. The molecule has 0 amide bonds. The van der Waals surface area contributed by atoms with Crippen molar-refractivity contribution in [3.8, 4) is 55.9 Å². The molecule has 0 aliphatic heterocycles. The Morgan fingerprint density at radius 1 is 0.442 bits per heavy atom. The second-order valence-corrected chi connectivity index (χ2v) is 10.7. The van der Waals surface area contributed by atoms with E-state index in [0.717, 1.165) is 67.0 Å². The van der Waals surface area contributed by atoms with E-state index in [1.165, 1.54) is 17.2 Å². The maximum absolute atomic E-state index is 5.67. The molecule has 43 heavy (non-hydrogen) atoms. The molecule has 0 saturated heterocycles. The Hall–Kier alpha value is -5.80. The molecule has 202 valence electrons. The van der Waals surface area contributed by atoms with Gasteiger partial charge in [-0.3, -0.25) is 0 Å². The zero-order valence-corrected chi connectivity index (χ0v) is 23.3. The zero-order valence-electron chi connectivity index (χ0n) is 23.3. The smallest absolute Gasteiger partial charge is 0.182 e. The summed E-state index contributed by atoms with van der Waals surface area (Å²) in [5.41, 5.74) is 12.4. The Labute approximate surface area is 249 Å². The number of benzene rings is 6. The van der Waals surface area contributed by atoms with Crippen LogP contribution in [0.25, 0.3) is 77.8 Å². The van der Waals surface area contributed by atoms with Crippen LogP contribution in [0.4, 0.5) is 0 Å². The number of para-hydroxylation sites is 1. The maximum Gasteiger partial charge on any atom is 0.182 e. The van der Waals surface area contributed by atoms with Crippen LogP contribution in [-0.2, 0) is 0 Å². The SMILES string of the molecule is c1ccc(-c2cc(-c3ccccc3)nc(-c3cccc(-c4c(-c5cccc6ocnc56)ccc5ccccc45)c3)c2)cc1. The fourth-order valence-corrected chi connectivity index (χ4v) is 5.98. The molecule has 0 fully saturated rings. The normalized spacial score (nSPS) is 11.3. The van der Waals surface area contributed by atoms with Crippen LogP contribution < -0.4 is 0 Å². The number of hydrogen-bond acceptors (Lipinski definition) is 3. The molecule has 3 heteroatoms. The molecule has 0 spiro atoms. The van der Waals surface area contributed by atoms with E-state index in [4.69, 9.17) is 9.40 Å². The Kier molecular flexibility index (Phi) is 6.12. The Morgan fingerprint density at radius 3 is 1.95 bits per heavy atom. The van der Waals surface area contributed by atoms with Gasteiger partial charge in [-0.25, -0.2) is 9.97 Å². The van der Waals surface area contributed by atoms with Gasteiger partial charge in [0.1, 0.15) is 5.52 Å². The predicted molar refractivity (Wildman–Crippen MR) is 176 cm³/mol. The van der Waals surface area contributed by atoms with Crippen molar-refractivity contribution in [3.63, 3.8) is 0 Å². The number of fused-ring (bicyclic) bond motifs is 2. The summed E-state index contributed by atoms with van der Waals surface area (Å²) in [6, 6.07) is 53.1. The van der Waals surface area contributed by atoms with Gasteiger partial charge < -0.3 is 4.42 Å². The molecule has 8 aromatic rings. The fourth-order valence-electron chi connectivity index (χ4n) is 5.98. The van der Waals surface area contributed by atoms with Gasteiger partial charge in [0.25, 0.3) is 0 Å². The summed E-state index contributed by atoms with van der Waals surface area (Å²) in [5, 5.41) is 2.38. The zero-order chi connectivity index (χ0) is 28.6. The largest absolute Gasteiger partial charge is 0.443 e. The third-order valence-corrected chi connectivity index (χ3v) is 8.03. The van der Waals surface area contributed by atoms with Crippen LogP contribution in [0, 0.1) is 0 Å². The van der Waals surface area contributed by atoms with Crippen molar-refractivity contribution in [3.05, 3.63) is 158 Å². The monoisotopic (exact) mass is 550 g/mol. The first-order chi connectivity index (χ1) is 21.3. The molecule has 0 N–H and O–H groups in total. The van der Waals surface area contributed by atoms with Gasteiger partial charge in [-0.2, -0.15) is 0 Å². The van der Waals surface area contributed by atoms with Crippen LogP contribution in [0.3, 0.4) is 0 Å². The van der Waals surface area contributed by atoms with Crippen molar-refractivity contribution in [2.45, 2.75) is 0 Å². The highest BCUT2D eigenvalue weighted by Crippen LogP contribution is 2.41. The molecule has 2 aromatic heterocycles. The third kappa shape index (κ3) is 4.58. The third-order valence-electron chi connectivity index (χ3n) is 8.03. The molecule has 6 aromatic carbocycles. The van der Waals surface area contributed by atoms with E-state index < -0.39 is 0 Å². The number of oxazole rings is 1. The summed E-state index contributed by atoms with van der Waals surface area (Å²) in [7, 11) is 0. The molecule has 0 atom stereocenters. The maximum atomic E-state index is 5.67. The lowest BCUT2D eigenvalue weighted by Crippen LogP contribution is -1.93. The van der Waals surface area contributed by atoms with Crippen molar-refractivity contribution in [1.29, 1.82) is 0 Å². The van der Waals surface area contributed by atoms with E-state index in [9.17, 15) is 0 Å². The van der Waals surface area contributed by atoms with E-state index in [2.05, 4.69) is 138 Å². The van der Waals surface area contributed by atoms with Crippen LogP contribution in [0.15, 0.2) is 162 Å². The van der Waals surface area contributed by atoms with E-state index in [0.29, 0.717) is 0 Å². The number of pyridine rings is 1. The van der Waals surface area contributed by atoms with Crippen LogP contribution in [0.2, 0.25) is 0 Å². The number of aromatic nitrogens is 2. The highest BCUT2D eigenvalue weighted by molar-refractivity contribution is 6.07. The molecule has 0 unspecified atom stereocenters. The van der Waals surface area contributed by atoms with E-state index >= 15 is 0 Å². The van der Waals surface area contributed by atoms with Gasteiger partial charge in [-0.05, 0) is 62.9 Å². The highest BCUT2D eigenvalue weighted by atomic mass is 16.3. The summed E-state index contributed by atoms with van der Waals surface area (Å²) < 4.78 is 5.67. The van der Waals surface area contributed by atoms with Crippen LogP contribution in [0.1, 0.15) is 0 Å². The summed E-state index contributed by atoms with van der Waals surface area (Å²) >= 11 is 0. The number of rotatable bonds is 5. The first-order valence-corrected chi connectivity index (χ1v) is 14.4. The Balaban J connectivity index is 1.35. The lowest BCUT2D eigenvalue weighted by molar-refractivity contribution is 0.602. The minimum absolute atomic E-state index is 0.778. The minimum Gasteiger partial charge on any atom is -0.443 e. The molecule has 3 nitrogen and oxygen atoms in total. The molecule has 0 bridgehead atoms. The summed E-state index contributed by atoms with van der Waals surface area (Å²) in [6.45, 7) is 0. The molecular formula is C40H26N2O. The average molecular weight is 551 g/mol. The molecule has 0 aliphatic carbocycles. The molecule has 8 rings (SSSR count). The summed E-state index contributed by atoms with van der Waals surface area (Å²) in [4.78, 5) is 9.76. The first kappa shape index (κ1) is 25.0. The van der Waals surface area contributed by atoms with E-state index in [1.54, 1.807) is 0 Å². The van der Waals surface area contributed by atoms with Gasteiger partial charge in [0, 0.05) is 16.7 Å². The standard InChI is InChI=1S/C40H26N2O/c1-3-11-27(12-4-1)32-24-36(29-14-5-2-6-15-29)42-37(25-32)30-16-9-17-31(23-30)39-33-18-8-7-13-28(33)21-22-34(39)35-19-10-20-38-40(35)41-26-43-38/h1-26H. The van der Waals surface area contributed by atoms with E-state index in [1.807, 2.05) is 18.2 Å². The first-order valence-electron chi connectivity index (χ1n) is 14.4. The van der Waals surface area contributed by atoms with Gasteiger partial charge in [0.05, 0.1) is 11.4 Å². The van der Waals surface area contributed by atoms with Crippen molar-refractivity contribution in [1.82, 2.24) is 9.97 Å². The van der Waals surface area contributed by atoms with Crippen molar-refractivity contribution in [2.75, 3.05) is 0 Å². The van der Waals surface area contributed by atoms with Crippen LogP contribution >= 0.6 is 0 Å². The fraction of sp³-hybridized carbons (Fsp3) is 0. The molecule has 2 heterocycles. The second kappa shape index (κ2) is 10.6. The molecule has 0 aliphatic rings. The number of nitrogens with zero attached hydrogens (tertiary/aromatic N) is 2. The quantitative estimate of drug-likeness (QED) is 0.214. The molecular weight excluding hydrogens is 524 g/mol. The average Bonchev–Trinajstić information content (AvgIpc) is 3.58. The van der Waals surface area contributed by atoms with Crippen molar-refractivity contribution < 1.29 is 4.42 Å². The predicted octanol–water partition coefficient (Wildman–Crippen LogP) is 10.7. The Morgan fingerprint density at radius 2 is 1.12 bits per heavy atom. The number of hydrogen-bond donors (Lipinski definition) is 0. The van der Waals surface area contributed by atoms with Gasteiger partial charge >= 0.3 is 0 Å². The minimum atomic E-state index is 0.778. The van der Waals surface area contributed by atoms with Crippen molar-refractivity contribution in [2.24, 2.45) is 0 Å². The lowest BCUT2D eigenvalue weighted by atomic mass is 9.88.